The molecule has 1 aliphatic carbocycles. The van der Waals surface area contributed by atoms with Crippen LogP contribution in [0.2, 0.25) is 5.28 Å². The van der Waals surface area contributed by atoms with E-state index in [4.69, 9.17) is 22.1 Å². The zero-order chi connectivity index (χ0) is 21.3. The molecule has 1 heterocycles. The fourth-order valence-corrected chi connectivity index (χ4v) is 3.48. The van der Waals surface area contributed by atoms with Crippen molar-refractivity contribution in [2.45, 2.75) is 12.3 Å². The summed E-state index contributed by atoms with van der Waals surface area (Å²) in [5.41, 5.74) is 5.39. The molecule has 0 saturated heterocycles. The predicted molar refractivity (Wildman–Crippen MR) is 108 cm³/mol. The number of aromatic nitrogens is 2. The molecule has 3 N–H and O–H groups in total. The summed E-state index contributed by atoms with van der Waals surface area (Å²) in [5.74, 6) is -1.20. The molecular formula is C21H16ClFN4O3. The van der Waals surface area contributed by atoms with Gasteiger partial charge in [-0.15, -0.1) is 0 Å². The van der Waals surface area contributed by atoms with Crippen LogP contribution >= 0.6 is 11.6 Å². The Labute approximate surface area is 176 Å². The topological polar surface area (TPSA) is 107 Å². The van der Waals surface area contributed by atoms with Crippen LogP contribution in [0.3, 0.4) is 0 Å². The van der Waals surface area contributed by atoms with Crippen molar-refractivity contribution < 1.29 is 18.7 Å². The SMILES string of the molecule is NC(=O)C1(C(=O)Nc2ccc(F)cc2)CC1c1ccc(Oc2ccnc(Cl)n2)cc1. The van der Waals surface area contributed by atoms with Gasteiger partial charge >= 0.3 is 0 Å². The van der Waals surface area contributed by atoms with E-state index in [-0.39, 0.29) is 17.6 Å². The van der Waals surface area contributed by atoms with Crippen molar-refractivity contribution in [2.75, 3.05) is 5.32 Å². The third kappa shape index (κ3) is 3.81. The molecule has 2 unspecified atom stereocenters. The summed E-state index contributed by atoms with van der Waals surface area (Å²) < 4.78 is 18.7. The Bertz CT molecular complexity index is 1110. The van der Waals surface area contributed by atoms with E-state index >= 15 is 0 Å². The molecule has 4 rings (SSSR count). The van der Waals surface area contributed by atoms with Crippen LogP contribution in [0.4, 0.5) is 10.1 Å². The van der Waals surface area contributed by atoms with Crippen molar-refractivity contribution >= 4 is 29.1 Å². The number of nitrogens with zero attached hydrogens (tertiary/aromatic N) is 2. The number of hydrogen-bond donors (Lipinski definition) is 2. The molecule has 1 aliphatic rings. The molecule has 7 nitrogen and oxygen atoms in total. The quantitative estimate of drug-likeness (QED) is 0.462. The minimum absolute atomic E-state index is 0.0699. The highest BCUT2D eigenvalue weighted by Gasteiger charge is 2.65. The third-order valence-electron chi connectivity index (χ3n) is 5.01. The van der Waals surface area contributed by atoms with E-state index in [0.29, 0.717) is 17.3 Å². The number of primary amides is 1. The molecule has 2 atom stereocenters. The van der Waals surface area contributed by atoms with E-state index < -0.39 is 23.0 Å². The van der Waals surface area contributed by atoms with E-state index in [9.17, 15) is 14.0 Å². The fraction of sp³-hybridized carbons (Fsp3) is 0.143. The first-order valence-electron chi connectivity index (χ1n) is 9.02. The highest BCUT2D eigenvalue weighted by molar-refractivity contribution is 6.28. The summed E-state index contributed by atoms with van der Waals surface area (Å²) in [7, 11) is 0. The number of halogens is 2. The minimum atomic E-state index is -1.35. The first kappa shape index (κ1) is 19.8. The van der Waals surface area contributed by atoms with Crippen molar-refractivity contribution in [1.29, 1.82) is 0 Å². The molecule has 0 spiro atoms. The molecule has 1 aromatic heterocycles. The molecule has 3 aromatic rings. The van der Waals surface area contributed by atoms with Gasteiger partial charge in [0.2, 0.25) is 23.0 Å². The smallest absolute Gasteiger partial charge is 0.240 e. The first-order chi connectivity index (χ1) is 14.4. The lowest BCUT2D eigenvalue weighted by Gasteiger charge is -2.14. The van der Waals surface area contributed by atoms with Crippen LogP contribution in [0, 0.1) is 11.2 Å². The van der Waals surface area contributed by atoms with Crippen LogP contribution in [0.15, 0.2) is 60.8 Å². The van der Waals surface area contributed by atoms with Gasteiger partial charge in [0.15, 0.2) is 0 Å². The number of nitrogens with one attached hydrogen (secondary N) is 1. The van der Waals surface area contributed by atoms with Crippen LogP contribution in [-0.2, 0) is 9.59 Å². The Morgan fingerprint density at radius 3 is 2.47 bits per heavy atom. The highest BCUT2D eigenvalue weighted by atomic mass is 35.5. The van der Waals surface area contributed by atoms with Crippen molar-refractivity contribution in [1.82, 2.24) is 9.97 Å². The van der Waals surface area contributed by atoms with Crippen molar-refractivity contribution in [3.63, 3.8) is 0 Å². The zero-order valence-corrected chi connectivity index (χ0v) is 16.3. The van der Waals surface area contributed by atoms with Gasteiger partial charge in [0.25, 0.3) is 0 Å². The van der Waals surface area contributed by atoms with Crippen molar-refractivity contribution in [2.24, 2.45) is 11.1 Å². The number of ether oxygens (including phenoxy) is 1. The maximum absolute atomic E-state index is 13.1. The van der Waals surface area contributed by atoms with Gasteiger partial charge in [0.1, 0.15) is 17.0 Å². The molecule has 9 heteroatoms. The van der Waals surface area contributed by atoms with E-state index in [1.165, 1.54) is 30.5 Å². The molecule has 2 aromatic carbocycles. The van der Waals surface area contributed by atoms with Gasteiger partial charge in [-0.2, -0.15) is 4.98 Å². The summed E-state index contributed by atoms with van der Waals surface area (Å²) >= 11 is 5.74. The second kappa shape index (κ2) is 7.72. The summed E-state index contributed by atoms with van der Waals surface area (Å²) in [6.45, 7) is 0. The van der Waals surface area contributed by atoms with E-state index in [1.807, 2.05) is 0 Å². The van der Waals surface area contributed by atoms with E-state index in [1.54, 1.807) is 30.3 Å². The average Bonchev–Trinajstić information content (AvgIpc) is 3.48. The Hall–Kier alpha value is -3.52. The molecule has 30 heavy (non-hydrogen) atoms. The molecule has 2 amide bonds. The van der Waals surface area contributed by atoms with Crippen LogP contribution in [-0.4, -0.2) is 21.8 Å². The Morgan fingerprint density at radius 1 is 1.13 bits per heavy atom. The highest BCUT2D eigenvalue weighted by Crippen LogP contribution is 2.59. The van der Waals surface area contributed by atoms with Crippen LogP contribution in [0.1, 0.15) is 17.9 Å². The van der Waals surface area contributed by atoms with Crippen LogP contribution in [0.25, 0.3) is 0 Å². The minimum Gasteiger partial charge on any atom is -0.439 e. The number of carbonyl (C=O) groups is 2. The number of hydrogen-bond acceptors (Lipinski definition) is 5. The molecule has 1 saturated carbocycles. The molecule has 0 bridgehead atoms. The van der Waals surface area contributed by atoms with Crippen molar-refractivity contribution in [3.8, 4) is 11.6 Å². The Kier molecular flexibility index (Phi) is 5.09. The van der Waals surface area contributed by atoms with Crippen molar-refractivity contribution in [3.05, 3.63) is 77.5 Å². The maximum atomic E-state index is 13.1. The summed E-state index contributed by atoms with van der Waals surface area (Å²) in [4.78, 5) is 32.7. The standard InChI is InChI=1S/C21H16ClFN4O3/c22-20-25-10-9-17(27-20)30-15-7-1-12(2-8-15)16-11-21(16,18(24)28)19(29)26-14-5-3-13(23)4-6-14/h1-10,16H,11H2,(H2,24,28)(H,26,29). The van der Waals surface area contributed by atoms with Gasteiger partial charge in [-0.05, 0) is 60.0 Å². The van der Waals surface area contributed by atoms with Gasteiger partial charge in [0.05, 0.1) is 0 Å². The van der Waals surface area contributed by atoms with Crippen LogP contribution < -0.4 is 15.8 Å². The molecular weight excluding hydrogens is 411 g/mol. The number of benzene rings is 2. The van der Waals surface area contributed by atoms with Crippen LogP contribution in [0.5, 0.6) is 11.6 Å². The Balaban J connectivity index is 1.49. The maximum Gasteiger partial charge on any atom is 0.240 e. The number of amides is 2. The van der Waals surface area contributed by atoms with Gasteiger partial charge < -0.3 is 15.8 Å². The van der Waals surface area contributed by atoms with Gasteiger partial charge in [-0.25, -0.2) is 9.37 Å². The molecule has 0 aliphatic heterocycles. The number of nitrogens with two attached hydrogens (primary N) is 1. The lowest BCUT2D eigenvalue weighted by Crippen LogP contribution is -2.37. The number of carbonyl (C=O) groups excluding carboxylic acids is 2. The normalized spacial score (nSPS) is 19.7. The lowest BCUT2D eigenvalue weighted by atomic mass is 9.97. The molecule has 0 radical (unpaired) electrons. The zero-order valence-electron chi connectivity index (χ0n) is 15.5. The Morgan fingerprint density at radius 2 is 1.83 bits per heavy atom. The summed E-state index contributed by atoms with van der Waals surface area (Å²) in [6.07, 6.45) is 1.77. The largest absolute Gasteiger partial charge is 0.439 e. The first-order valence-corrected chi connectivity index (χ1v) is 9.39. The second-order valence-corrected chi connectivity index (χ2v) is 7.23. The number of anilines is 1. The van der Waals surface area contributed by atoms with Gasteiger partial charge in [0, 0.05) is 23.9 Å². The van der Waals surface area contributed by atoms with E-state index in [0.717, 1.165) is 5.56 Å². The molecule has 152 valence electrons. The fourth-order valence-electron chi connectivity index (χ4n) is 3.34. The van der Waals surface area contributed by atoms with E-state index in [2.05, 4.69) is 15.3 Å². The lowest BCUT2D eigenvalue weighted by molar-refractivity contribution is -0.132. The van der Waals surface area contributed by atoms with Gasteiger partial charge in [-0.3, -0.25) is 9.59 Å². The summed E-state index contributed by atoms with van der Waals surface area (Å²) in [5, 5.41) is 2.71. The summed E-state index contributed by atoms with van der Waals surface area (Å²) in [6, 6.07) is 13.8. The second-order valence-electron chi connectivity index (χ2n) is 6.89. The number of rotatable bonds is 6. The van der Waals surface area contributed by atoms with Gasteiger partial charge in [-0.1, -0.05) is 12.1 Å². The monoisotopic (exact) mass is 426 g/mol. The average molecular weight is 427 g/mol. The predicted octanol–water partition coefficient (Wildman–Crippen LogP) is 3.66. The molecule has 1 fully saturated rings. The third-order valence-corrected chi connectivity index (χ3v) is 5.20.